The zero-order valence-electron chi connectivity index (χ0n) is 11.9. The maximum Gasteiger partial charge on any atom is 0.240 e. The number of hydrogen-bond acceptors (Lipinski definition) is 3. The number of hydrogen-bond donors (Lipinski definition) is 1. The van der Waals surface area contributed by atoms with Crippen LogP contribution in [-0.4, -0.2) is 61.0 Å². The Labute approximate surface area is 120 Å². The van der Waals surface area contributed by atoms with Crippen molar-refractivity contribution in [3.63, 3.8) is 0 Å². The van der Waals surface area contributed by atoms with Crippen molar-refractivity contribution in [2.45, 2.75) is 18.9 Å². The molecule has 4 nitrogen and oxygen atoms in total. The Balaban J connectivity index is 1.53. The summed E-state index contributed by atoms with van der Waals surface area (Å²) in [5, 5.41) is 3.34. The van der Waals surface area contributed by atoms with E-state index in [1.54, 1.807) is 0 Å². The van der Waals surface area contributed by atoms with Crippen molar-refractivity contribution in [2.24, 2.45) is 0 Å². The molecule has 2 heterocycles. The van der Waals surface area contributed by atoms with Gasteiger partial charge < -0.3 is 10.2 Å². The molecule has 2 saturated heterocycles. The lowest BCUT2D eigenvalue weighted by Crippen LogP contribution is -2.51. The van der Waals surface area contributed by atoms with Gasteiger partial charge in [-0.05, 0) is 18.4 Å². The third-order valence-corrected chi connectivity index (χ3v) is 4.37. The molecule has 2 fully saturated rings. The Morgan fingerprint density at radius 2 is 1.85 bits per heavy atom. The van der Waals surface area contributed by atoms with Crippen molar-refractivity contribution in [1.29, 1.82) is 0 Å². The normalized spacial score (nSPS) is 24.3. The molecule has 0 bridgehead atoms. The lowest BCUT2D eigenvalue weighted by Gasteiger charge is -2.31. The molecular formula is C16H23N3O. The van der Waals surface area contributed by atoms with Gasteiger partial charge in [0, 0.05) is 39.3 Å². The van der Waals surface area contributed by atoms with Gasteiger partial charge in [-0.15, -0.1) is 0 Å². The third kappa shape index (κ3) is 3.02. The molecule has 108 valence electrons. The predicted octanol–water partition coefficient (Wildman–Crippen LogP) is 0.735. The highest BCUT2D eigenvalue weighted by molar-refractivity contribution is 5.84. The average molecular weight is 273 g/mol. The Bertz CT molecular complexity index is 442. The summed E-state index contributed by atoms with van der Waals surface area (Å²) in [5.74, 6) is 0.336. The van der Waals surface area contributed by atoms with E-state index in [4.69, 9.17) is 0 Å². The first-order chi connectivity index (χ1) is 9.84. The first-order valence-electron chi connectivity index (χ1n) is 7.62. The van der Waals surface area contributed by atoms with Crippen molar-refractivity contribution in [3.05, 3.63) is 35.9 Å². The molecule has 1 aromatic rings. The van der Waals surface area contributed by atoms with Crippen molar-refractivity contribution in [3.8, 4) is 0 Å². The zero-order valence-corrected chi connectivity index (χ0v) is 11.9. The van der Waals surface area contributed by atoms with E-state index < -0.39 is 0 Å². The molecule has 0 aliphatic carbocycles. The van der Waals surface area contributed by atoms with Gasteiger partial charge in [0.1, 0.15) is 0 Å². The van der Waals surface area contributed by atoms with E-state index in [1.807, 2.05) is 11.0 Å². The molecule has 0 saturated carbocycles. The van der Waals surface area contributed by atoms with Crippen LogP contribution in [0.25, 0.3) is 0 Å². The molecule has 1 N–H and O–H groups in total. The van der Waals surface area contributed by atoms with Gasteiger partial charge in [-0.25, -0.2) is 0 Å². The summed E-state index contributed by atoms with van der Waals surface area (Å²) in [5.41, 5.74) is 1.31. The summed E-state index contributed by atoms with van der Waals surface area (Å²) >= 11 is 0. The second-order valence-corrected chi connectivity index (χ2v) is 5.65. The van der Waals surface area contributed by atoms with Gasteiger partial charge in [0.15, 0.2) is 0 Å². The SMILES string of the molecule is O=C1C(N2CCNCC2)CCN1CCc1ccccc1. The summed E-state index contributed by atoms with van der Waals surface area (Å²) in [6, 6.07) is 10.6. The number of likely N-dealkylation sites (tertiary alicyclic amines) is 1. The Kier molecular flexibility index (Phi) is 4.33. The number of amides is 1. The maximum absolute atomic E-state index is 12.5. The van der Waals surface area contributed by atoms with Crippen molar-refractivity contribution < 1.29 is 4.79 Å². The molecule has 0 radical (unpaired) electrons. The molecule has 2 aliphatic heterocycles. The Morgan fingerprint density at radius 3 is 2.60 bits per heavy atom. The van der Waals surface area contributed by atoms with Crippen molar-refractivity contribution >= 4 is 5.91 Å². The Morgan fingerprint density at radius 1 is 1.10 bits per heavy atom. The van der Waals surface area contributed by atoms with Crippen molar-refractivity contribution in [2.75, 3.05) is 39.3 Å². The van der Waals surface area contributed by atoms with Gasteiger partial charge in [-0.3, -0.25) is 9.69 Å². The van der Waals surface area contributed by atoms with E-state index >= 15 is 0 Å². The molecule has 20 heavy (non-hydrogen) atoms. The van der Waals surface area contributed by atoms with E-state index in [0.717, 1.165) is 52.1 Å². The van der Waals surface area contributed by atoms with Crippen LogP contribution in [0, 0.1) is 0 Å². The van der Waals surface area contributed by atoms with Crippen LogP contribution in [-0.2, 0) is 11.2 Å². The van der Waals surface area contributed by atoms with Crippen LogP contribution < -0.4 is 5.32 Å². The fourth-order valence-electron chi connectivity index (χ4n) is 3.19. The van der Waals surface area contributed by atoms with Crippen LogP contribution in [0.4, 0.5) is 0 Å². The minimum Gasteiger partial charge on any atom is -0.341 e. The van der Waals surface area contributed by atoms with Gasteiger partial charge in [0.05, 0.1) is 6.04 Å². The average Bonchev–Trinajstić information content (AvgIpc) is 2.88. The maximum atomic E-state index is 12.5. The molecule has 2 aliphatic rings. The molecule has 1 amide bonds. The lowest BCUT2D eigenvalue weighted by molar-refractivity contribution is -0.132. The number of rotatable bonds is 4. The number of nitrogens with one attached hydrogen (secondary N) is 1. The summed E-state index contributed by atoms with van der Waals surface area (Å²) < 4.78 is 0. The third-order valence-electron chi connectivity index (χ3n) is 4.37. The molecule has 4 heteroatoms. The molecule has 3 rings (SSSR count). The smallest absolute Gasteiger partial charge is 0.240 e. The highest BCUT2D eigenvalue weighted by Crippen LogP contribution is 2.18. The number of benzene rings is 1. The number of piperazine rings is 1. The molecule has 0 aromatic heterocycles. The zero-order chi connectivity index (χ0) is 13.8. The minimum atomic E-state index is 0.132. The molecule has 0 spiro atoms. The first kappa shape index (κ1) is 13.6. The lowest BCUT2D eigenvalue weighted by atomic mass is 10.1. The second kappa shape index (κ2) is 6.37. The number of nitrogens with zero attached hydrogens (tertiary/aromatic N) is 2. The van der Waals surface area contributed by atoms with E-state index in [2.05, 4.69) is 34.5 Å². The van der Waals surface area contributed by atoms with E-state index in [1.165, 1.54) is 5.56 Å². The van der Waals surface area contributed by atoms with Crippen LogP contribution >= 0.6 is 0 Å². The van der Waals surface area contributed by atoms with E-state index in [0.29, 0.717) is 5.91 Å². The van der Waals surface area contributed by atoms with Crippen LogP contribution in [0.3, 0.4) is 0 Å². The first-order valence-corrected chi connectivity index (χ1v) is 7.62. The van der Waals surface area contributed by atoms with Gasteiger partial charge in [-0.2, -0.15) is 0 Å². The summed E-state index contributed by atoms with van der Waals surface area (Å²) in [6.45, 7) is 5.79. The van der Waals surface area contributed by atoms with E-state index in [-0.39, 0.29) is 6.04 Å². The van der Waals surface area contributed by atoms with Gasteiger partial charge in [-0.1, -0.05) is 30.3 Å². The molecule has 1 aromatic carbocycles. The second-order valence-electron chi connectivity index (χ2n) is 5.65. The molecule has 1 unspecified atom stereocenters. The number of carbonyl (C=O) groups excluding carboxylic acids is 1. The monoisotopic (exact) mass is 273 g/mol. The number of carbonyl (C=O) groups is 1. The standard InChI is InChI=1S/C16H23N3O/c20-16-15(18-12-8-17-9-13-18)7-11-19(16)10-6-14-4-2-1-3-5-14/h1-5,15,17H,6-13H2. The van der Waals surface area contributed by atoms with Crippen LogP contribution in [0.5, 0.6) is 0 Å². The van der Waals surface area contributed by atoms with E-state index in [9.17, 15) is 4.79 Å². The largest absolute Gasteiger partial charge is 0.341 e. The highest BCUT2D eigenvalue weighted by Gasteiger charge is 2.35. The van der Waals surface area contributed by atoms with Crippen LogP contribution in [0.2, 0.25) is 0 Å². The fourth-order valence-corrected chi connectivity index (χ4v) is 3.19. The highest BCUT2D eigenvalue weighted by atomic mass is 16.2. The predicted molar refractivity (Wildman–Crippen MR) is 79.6 cm³/mol. The fraction of sp³-hybridized carbons (Fsp3) is 0.562. The topological polar surface area (TPSA) is 35.6 Å². The van der Waals surface area contributed by atoms with Gasteiger partial charge in [0.2, 0.25) is 5.91 Å². The summed E-state index contributed by atoms with van der Waals surface area (Å²) in [4.78, 5) is 16.9. The van der Waals surface area contributed by atoms with Crippen LogP contribution in [0.1, 0.15) is 12.0 Å². The Hall–Kier alpha value is -1.39. The van der Waals surface area contributed by atoms with Crippen LogP contribution in [0.15, 0.2) is 30.3 Å². The minimum absolute atomic E-state index is 0.132. The van der Waals surface area contributed by atoms with Gasteiger partial charge in [0.25, 0.3) is 0 Å². The molecular weight excluding hydrogens is 250 g/mol. The summed E-state index contributed by atoms with van der Waals surface area (Å²) in [6.07, 6.45) is 1.95. The quantitative estimate of drug-likeness (QED) is 0.879. The molecule has 1 atom stereocenters. The van der Waals surface area contributed by atoms with Crippen molar-refractivity contribution in [1.82, 2.24) is 15.1 Å². The summed E-state index contributed by atoms with van der Waals surface area (Å²) in [7, 11) is 0. The van der Waals surface area contributed by atoms with Gasteiger partial charge >= 0.3 is 0 Å².